The molecule has 0 radical (unpaired) electrons. The molecule has 16 heavy (non-hydrogen) atoms. The van der Waals surface area contributed by atoms with Crippen molar-refractivity contribution in [3.05, 3.63) is 12.7 Å². The molecule has 0 saturated heterocycles. The highest BCUT2D eigenvalue weighted by molar-refractivity contribution is 4.71. The summed E-state index contributed by atoms with van der Waals surface area (Å²) in [6.45, 7) is 6.77. The second-order valence-corrected chi connectivity index (χ2v) is 3.93. The van der Waals surface area contributed by atoms with E-state index in [1.165, 1.54) is 19.3 Å². The number of hydrogen-bond acceptors (Lipinski definition) is 3. The van der Waals surface area contributed by atoms with E-state index in [9.17, 15) is 0 Å². The van der Waals surface area contributed by atoms with Crippen LogP contribution in [0, 0.1) is 0 Å². The zero-order valence-electron chi connectivity index (χ0n) is 11.0. The lowest BCUT2D eigenvalue weighted by atomic mass is 10.1. The average Bonchev–Trinajstić information content (AvgIpc) is 2.30. The predicted molar refractivity (Wildman–Crippen MR) is 68.6 cm³/mol. The van der Waals surface area contributed by atoms with Crippen LogP contribution in [0.3, 0.4) is 0 Å². The third kappa shape index (κ3) is 6.99. The van der Waals surface area contributed by atoms with Gasteiger partial charge in [0.05, 0.1) is 6.04 Å². The quantitative estimate of drug-likeness (QED) is 0.336. The van der Waals surface area contributed by atoms with Crippen molar-refractivity contribution in [2.75, 3.05) is 20.8 Å². The summed E-state index contributed by atoms with van der Waals surface area (Å²) in [5.74, 6) is 0. The van der Waals surface area contributed by atoms with Crippen LogP contribution in [-0.4, -0.2) is 33.1 Å². The largest absolute Gasteiger partial charge is 0.354 e. The number of allylic oxidation sites excluding steroid dienone is 1. The van der Waals surface area contributed by atoms with Gasteiger partial charge in [0, 0.05) is 14.2 Å². The van der Waals surface area contributed by atoms with Crippen LogP contribution in [0.4, 0.5) is 0 Å². The number of rotatable bonds is 11. The number of unbranched alkanes of at least 4 members (excludes halogenated alkanes) is 3. The molecule has 1 atom stereocenters. The molecule has 0 aromatic carbocycles. The Morgan fingerprint density at radius 1 is 1.19 bits per heavy atom. The second-order valence-electron chi connectivity index (χ2n) is 3.93. The molecule has 0 saturated carbocycles. The molecule has 3 heteroatoms. The summed E-state index contributed by atoms with van der Waals surface area (Å²) < 4.78 is 10.6. The van der Waals surface area contributed by atoms with Gasteiger partial charge in [-0.25, -0.2) is 0 Å². The molecule has 0 aliphatic carbocycles. The fraction of sp³-hybridized carbons (Fsp3) is 0.846. The number of nitrogens with one attached hydrogen (secondary N) is 1. The van der Waals surface area contributed by atoms with Crippen LogP contribution in [0.2, 0.25) is 0 Å². The van der Waals surface area contributed by atoms with Crippen molar-refractivity contribution in [3.63, 3.8) is 0 Å². The fourth-order valence-electron chi connectivity index (χ4n) is 1.85. The Labute approximate surface area is 100 Å². The summed E-state index contributed by atoms with van der Waals surface area (Å²) in [4.78, 5) is 0. The highest BCUT2D eigenvalue weighted by atomic mass is 16.7. The van der Waals surface area contributed by atoms with E-state index in [4.69, 9.17) is 9.47 Å². The van der Waals surface area contributed by atoms with Crippen LogP contribution in [-0.2, 0) is 9.47 Å². The van der Waals surface area contributed by atoms with Crippen LogP contribution in [0.1, 0.15) is 39.0 Å². The van der Waals surface area contributed by atoms with Crippen LogP contribution in [0.15, 0.2) is 12.7 Å². The molecule has 0 rings (SSSR count). The van der Waals surface area contributed by atoms with E-state index in [2.05, 4.69) is 18.8 Å². The summed E-state index contributed by atoms with van der Waals surface area (Å²) >= 11 is 0. The maximum Gasteiger partial charge on any atom is 0.171 e. The van der Waals surface area contributed by atoms with Crippen LogP contribution >= 0.6 is 0 Å². The van der Waals surface area contributed by atoms with E-state index in [-0.39, 0.29) is 6.29 Å². The zero-order chi connectivity index (χ0) is 12.2. The summed E-state index contributed by atoms with van der Waals surface area (Å²) in [6, 6.07) is 0.295. The van der Waals surface area contributed by atoms with Gasteiger partial charge in [0.25, 0.3) is 0 Å². The van der Waals surface area contributed by atoms with E-state index >= 15 is 0 Å². The molecule has 1 unspecified atom stereocenters. The molecule has 96 valence electrons. The fourth-order valence-corrected chi connectivity index (χ4v) is 1.85. The summed E-state index contributed by atoms with van der Waals surface area (Å²) in [6.07, 6.45) is 7.73. The van der Waals surface area contributed by atoms with Gasteiger partial charge in [-0.1, -0.05) is 25.8 Å². The highest BCUT2D eigenvalue weighted by Gasteiger charge is 2.18. The Balaban J connectivity index is 3.78. The van der Waals surface area contributed by atoms with Crippen molar-refractivity contribution in [2.45, 2.75) is 51.4 Å². The summed E-state index contributed by atoms with van der Waals surface area (Å²) in [5.41, 5.74) is 0. The molecule has 1 N–H and O–H groups in total. The standard InChI is InChI=1S/C13H27NO2/c1-5-7-8-9-10-11-12(14-6-2)13(15-3)16-4/h5,12-14H,1,6-11H2,2-4H3. The smallest absolute Gasteiger partial charge is 0.171 e. The number of methoxy groups -OCH3 is 2. The monoisotopic (exact) mass is 229 g/mol. The van der Waals surface area contributed by atoms with E-state index in [0.717, 1.165) is 19.4 Å². The third-order valence-corrected chi connectivity index (χ3v) is 2.68. The van der Waals surface area contributed by atoms with Crippen molar-refractivity contribution in [1.29, 1.82) is 0 Å². The number of likely N-dealkylation sites (N-methyl/N-ethyl adjacent to an activating group) is 1. The van der Waals surface area contributed by atoms with E-state index in [1.54, 1.807) is 14.2 Å². The number of ether oxygens (including phenoxy) is 2. The van der Waals surface area contributed by atoms with Crippen molar-refractivity contribution in [3.8, 4) is 0 Å². The van der Waals surface area contributed by atoms with Crippen molar-refractivity contribution in [1.82, 2.24) is 5.32 Å². The molecule has 0 amide bonds. The summed E-state index contributed by atoms with van der Waals surface area (Å²) in [7, 11) is 3.38. The molecule has 0 spiro atoms. The van der Waals surface area contributed by atoms with Gasteiger partial charge in [0.2, 0.25) is 0 Å². The minimum Gasteiger partial charge on any atom is -0.354 e. The first-order chi connectivity index (χ1) is 7.79. The van der Waals surface area contributed by atoms with E-state index < -0.39 is 0 Å². The van der Waals surface area contributed by atoms with Crippen molar-refractivity contribution >= 4 is 0 Å². The van der Waals surface area contributed by atoms with Gasteiger partial charge < -0.3 is 14.8 Å². The van der Waals surface area contributed by atoms with Gasteiger partial charge >= 0.3 is 0 Å². The Morgan fingerprint density at radius 3 is 2.38 bits per heavy atom. The third-order valence-electron chi connectivity index (χ3n) is 2.68. The molecular weight excluding hydrogens is 202 g/mol. The van der Waals surface area contributed by atoms with Gasteiger partial charge in [-0.05, 0) is 25.8 Å². The Kier molecular flexibility index (Phi) is 10.9. The van der Waals surface area contributed by atoms with E-state index in [1.807, 2.05) is 6.08 Å². The first kappa shape index (κ1) is 15.6. The molecule has 0 fully saturated rings. The average molecular weight is 229 g/mol. The SMILES string of the molecule is C=CCCCCCC(NCC)C(OC)OC. The van der Waals surface area contributed by atoms with Gasteiger partial charge in [-0.3, -0.25) is 0 Å². The van der Waals surface area contributed by atoms with Crippen LogP contribution < -0.4 is 5.32 Å². The van der Waals surface area contributed by atoms with Crippen molar-refractivity contribution in [2.24, 2.45) is 0 Å². The Bertz CT molecular complexity index is 158. The lowest BCUT2D eigenvalue weighted by Gasteiger charge is -2.25. The highest BCUT2D eigenvalue weighted by Crippen LogP contribution is 2.11. The maximum absolute atomic E-state index is 5.29. The van der Waals surface area contributed by atoms with E-state index in [0.29, 0.717) is 6.04 Å². The van der Waals surface area contributed by atoms with Gasteiger partial charge in [0.1, 0.15) is 0 Å². The number of hydrogen-bond donors (Lipinski definition) is 1. The molecule has 0 aliphatic heterocycles. The molecule has 0 aliphatic rings. The molecule has 0 bridgehead atoms. The molecule has 0 aromatic rings. The minimum atomic E-state index is -0.139. The topological polar surface area (TPSA) is 30.5 Å². The molecular formula is C13H27NO2. The predicted octanol–water partition coefficient (Wildman–Crippen LogP) is 2.72. The van der Waals surface area contributed by atoms with Gasteiger partial charge in [-0.2, -0.15) is 0 Å². The molecule has 3 nitrogen and oxygen atoms in total. The van der Waals surface area contributed by atoms with Crippen LogP contribution in [0.25, 0.3) is 0 Å². The Hall–Kier alpha value is -0.380. The van der Waals surface area contributed by atoms with Gasteiger partial charge in [0.15, 0.2) is 6.29 Å². The first-order valence-corrected chi connectivity index (χ1v) is 6.20. The first-order valence-electron chi connectivity index (χ1n) is 6.20. The normalized spacial score (nSPS) is 13.0. The molecule has 0 aromatic heterocycles. The Morgan fingerprint density at radius 2 is 1.88 bits per heavy atom. The molecule has 0 heterocycles. The zero-order valence-corrected chi connectivity index (χ0v) is 11.0. The lowest BCUT2D eigenvalue weighted by molar-refractivity contribution is -0.124. The maximum atomic E-state index is 5.29. The second kappa shape index (κ2) is 11.1. The van der Waals surface area contributed by atoms with Crippen LogP contribution in [0.5, 0.6) is 0 Å². The lowest BCUT2D eigenvalue weighted by Crippen LogP contribution is -2.41. The summed E-state index contributed by atoms with van der Waals surface area (Å²) in [5, 5.41) is 3.41. The van der Waals surface area contributed by atoms with Gasteiger partial charge in [-0.15, -0.1) is 6.58 Å². The van der Waals surface area contributed by atoms with Crippen molar-refractivity contribution < 1.29 is 9.47 Å². The minimum absolute atomic E-state index is 0.139.